The Balaban J connectivity index is 2.37. The van der Waals surface area contributed by atoms with Crippen molar-refractivity contribution in [1.29, 1.82) is 0 Å². The molecule has 0 radical (unpaired) electrons. The molecule has 0 spiro atoms. The summed E-state index contributed by atoms with van der Waals surface area (Å²) in [5.74, 6) is 0. The Kier molecular flexibility index (Phi) is 5.07. The van der Waals surface area contributed by atoms with Gasteiger partial charge in [0.1, 0.15) is 11.9 Å². The third kappa shape index (κ3) is 4.60. The van der Waals surface area contributed by atoms with Crippen molar-refractivity contribution in [3.05, 3.63) is 0 Å². The van der Waals surface area contributed by atoms with Gasteiger partial charge in [-0.05, 0) is 33.6 Å². The van der Waals surface area contributed by atoms with E-state index in [2.05, 4.69) is 5.32 Å². The zero-order valence-corrected chi connectivity index (χ0v) is 11.9. The molecule has 0 aromatic heterocycles. The van der Waals surface area contributed by atoms with Crippen molar-refractivity contribution < 1.29 is 14.3 Å². The van der Waals surface area contributed by atoms with Gasteiger partial charge in [0.15, 0.2) is 0 Å². The largest absolute Gasteiger partial charge is 0.444 e. The number of ether oxygens (including phenoxy) is 1. The Morgan fingerprint density at radius 3 is 2.78 bits per heavy atom. The first-order valence-corrected chi connectivity index (χ1v) is 6.46. The van der Waals surface area contributed by atoms with Gasteiger partial charge in [0.2, 0.25) is 0 Å². The van der Waals surface area contributed by atoms with Gasteiger partial charge in [-0.3, -0.25) is 0 Å². The van der Waals surface area contributed by atoms with E-state index in [9.17, 15) is 9.59 Å². The highest BCUT2D eigenvalue weighted by Gasteiger charge is 2.26. The van der Waals surface area contributed by atoms with Gasteiger partial charge in [-0.1, -0.05) is 12.2 Å². The van der Waals surface area contributed by atoms with Crippen molar-refractivity contribution in [1.82, 2.24) is 10.2 Å². The fraction of sp³-hybridized carbons (Fsp3) is 0.750. The van der Waals surface area contributed by atoms with Crippen LogP contribution in [0.2, 0.25) is 0 Å². The summed E-state index contributed by atoms with van der Waals surface area (Å²) in [6.45, 7) is 6.40. The maximum atomic E-state index is 11.4. The number of amides is 1. The minimum absolute atomic E-state index is 0.141. The molecule has 1 heterocycles. The van der Waals surface area contributed by atoms with Crippen molar-refractivity contribution in [2.75, 3.05) is 13.1 Å². The summed E-state index contributed by atoms with van der Waals surface area (Å²) < 4.78 is 5.11. The molecule has 0 aromatic rings. The lowest BCUT2D eigenvalue weighted by atomic mass is 10.2. The number of alkyl carbamates (subject to hydrolysis) is 1. The predicted molar refractivity (Wildman–Crippen MR) is 72.6 cm³/mol. The predicted octanol–water partition coefficient (Wildman–Crippen LogP) is 1.50. The van der Waals surface area contributed by atoms with E-state index in [0.717, 1.165) is 25.7 Å². The lowest BCUT2D eigenvalue weighted by molar-refractivity contribution is -0.110. The minimum Gasteiger partial charge on any atom is -0.444 e. The summed E-state index contributed by atoms with van der Waals surface area (Å²) in [6.07, 6.45) is 2.20. The standard InChI is InChI=1S/C12H20N2O3S/c1-12(2,3)17-11(16)13-7-10(18)14-6-4-5-9(14)8-15/h8-9H,4-7H2,1-3H3,(H,13,16)/t9-/m1/s1. The SMILES string of the molecule is CC(C)(C)OC(=O)NCC(=S)N1CCC[C@@H]1C=O. The molecule has 1 amide bonds. The molecule has 0 aromatic carbocycles. The van der Waals surface area contributed by atoms with Gasteiger partial charge < -0.3 is 19.7 Å². The Bertz CT molecular complexity index is 339. The van der Waals surface area contributed by atoms with E-state index in [-0.39, 0.29) is 12.6 Å². The number of rotatable bonds is 3. The van der Waals surface area contributed by atoms with Crippen LogP contribution in [-0.4, -0.2) is 47.0 Å². The molecule has 1 fully saturated rings. The molecule has 1 N–H and O–H groups in total. The maximum absolute atomic E-state index is 11.4. The van der Waals surface area contributed by atoms with E-state index in [0.29, 0.717) is 4.99 Å². The molecule has 0 aliphatic carbocycles. The van der Waals surface area contributed by atoms with Crippen molar-refractivity contribution in [3.63, 3.8) is 0 Å². The summed E-state index contributed by atoms with van der Waals surface area (Å²) in [4.78, 5) is 24.7. The van der Waals surface area contributed by atoms with Gasteiger partial charge in [0, 0.05) is 6.54 Å². The first-order chi connectivity index (χ1) is 8.33. The van der Waals surface area contributed by atoms with Crippen LogP contribution in [0.1, 0.15) is 33.6 Å². The number of carbonyl (C=O) groups excluding carboxylic acids is 2. The summed E-state index contributed by atoms with van der Waals surface area (Å²) in [5, 5.41) is 2.60. The van der Waals surface area contributed by atoms with E-state index in [1.54, 1.807) is 20.8 Å². The van der Waals surface area contributed by atoms with Crippen LogP contribution in [0, 0.1) is 0 Å². The van der Waals surface area contributed by atoms with E-state index >= 15 is 0 Å². The Hall–Kier alpha value is -1.17. The highest BCUT2D eigenvalue weighted by molar-refractivity contribution is 7.80. The topological polar surface area (TPSA) is 58.6 Å². The van der Waals surface area contributed by atoms with Crippen LogP contribution in [0.25, 0.3) is 0 Å². The van der Waals surface area contributed by atoms with Crippen LogP contribution >= 0.6 is 12.2 Å². The molecule has 1 rings (SSSR count). The smallest absolute Gasteiger partial charge is 0.408 e. The number of hydrogen-bond acceptors (Lipinski definition) is 4. The fourth-order valence-corrected chi connectivity index (χ4v) is 2.11. The minimum atomic E-state index is -0.523. The normalized spacial score (nSPS) is 19.5. The van der Waals surface area contributed by atoms with Crippen molar-refractivity contribution in [2.24, 2.45) is 0 Å². The molecule has 1 saturated heterocycles. The number of likely N-dealkylation sites (tertiary alicyclic amines) is 1. The highest BCUT2D eigenvalue weighted by Crippen LogP contribution is 2.15. The monoisotopic (exact) mass is 272 g/mol. The third-order valence-electron chi connectivity index (χ3n) is 2.56. The molecular formula is C12H20N2O3S. The second kappa shape index (κ2) is 6.13. The zero-order valence-electron chi connectivity index (χ0n) is 11.1. The molecule has 1 aliphatic heterocycles. The molecule has 5 nitrogen and oxygen atoms in total. The molecular weight excluding hydrogens is 252 g/mol. The van der Waals surface area contributed by atoms with Crippen LogP contribution in [0.5, 0.6) is 0 Å². The summed E-state index contributed by atoms with van der Waals surface area (Å²) in [6, 6.07) is -0.141. The average Bonchev–Trinajstić information content (AvgIpc) is 2.71. The van der Waals surface area contributed by atoms with Gasteiger partial charge in [0.25, 0.3) is 0 Å². The third-order valence-corrected chi connectivity index (χ3v) is 2.94. The Morgan fingerprint density at radius 1 is 1.56 bits per heavy atom. The summed E-state index contributed by atoms with van der Waals surface area (Å²) in [7, 11) is 0. The highest BCUT2D eigenvalue weighted by atomic mass is 32.1. The number of nitrogens with zero attached hydrogens (tertiary/aromatic N) is 1. The van der Waals surface area contributed by atoms with E-state index in [1.807, 2.05) is 4.90 Å². The average molecular weight is 272 g/mol. The van der Waals surface area contributed by atoms with Crippen molar-refractivity contribution >= 4 is 29.6 Å². The molecule has 0 saturated carbocycles. The first-order valence-electron chi connectivity index (χ1n) is 6.05. The van der Waals surface area contributed by atoms with Crippen molar-refractivity contribution in [3.8, 4) is 0 Å². The van der Waals surface area contributed by atoms with Crippen molar-refractivity contribution in [2.45, 2.75) is 45.3 Å². The van der Waals surface area contributed by atoms with Crippen LogP contribution in [0.3, 0.4) is 0 Å². The molecule has 102 valence electrons. The molecule has 1 aliphatic rings. The number of carbonyl (C=O) groups is 2. The molecule has 0 unspecified atom stereocenters. The molecule has 1 atom stereocenters. The first kappa shape index (κ1) is 14.9. The Morgan fingerprint density at radius 2 is 2.22 bits per heavy atom. The van der Waals surface area contributed by atoms with Gasteiger partial charge in [0.05, 0.1) is 17.6 Å². The number of aldehydes is 1. The van der Waals surface area contributed by atoms with Gasteiger partial charge in [-0.2, -0.15) is 0 Å². The van der Waals surface area contributed by atoms with Gasteiger partial charge in [-0.15, -0.1) is 0 Å². The second-order valence-corrected chi connectivity index (χ2v) is 5.76. The van der Waals surface area contributed by atoms with Gasteiger partial charge >= 0.3 is 6.09 Å². The lowest BCUT2D eigenvalue weighted by Gasteiger charge is -2.24. The van der Waals surface area contributed by atoms with E-state index in [1.165, 1.54) is 0 Å². The zero-order chi connectivity index (χ0) is 13.8. The maximum Gasteiger partial charge on any atom is 0.408 e. The fourth-order valence-electron chi connectivity index (χ4n) is 1.81. The number of nitrogens with one attached hydrogen (secondary N) is 1. The molecule has 6 heteroatoms. The summed E-state index contributed by atoms with van der Waals surface area (Å²) >= 11 is 5.21. The summed E-state index contributed by atoms with van der Waals surface area (Å²) in [5.41, 5.74) is -0.523. The van der Waals surface area contributed by atoms with Crippen LogP contribution in [-0.2, 0) is 9.53 Å². The van der Waals surface area contributed by atoms with Crippen LogP contribution in [0.4, 0.5) is 4.79 Å². The quantitative estimate of drug-likeness (QED) is 0.623. The molecule has 18 heavy (non-hydrogen) atoms. The number of hydrogen-bond donors (Lipinski definition) is 1. The van der Waals surface area contributed by atoms with E-state index < -0.39 is 11.7 Å². The van der Waals surface area contributed by atoms with Crippen LogP contribution in [0.15, 0.2) is 0 Å². The molecule has 0 bridgehead atoms. The van der Waals surface area contributed by atoms with E-state index in [4.69, 9.17) is 17.0 Å². The second-order valence-electron chi connectivity index (χ2n) is 5.29. The Labute approximate surface area is 113 Å². The van der Waals surface area contributed by atoms with Crippen LogP contribution < -0.4 is 5.32 Å². The lowest BCUT2D eigenvalue weighted by Crippen LogP contribution is -2.43. The number of thiocarbonyl (C=S) groups is 1. The van der Waals surface area contributed by atoms with Gasteiger partial charge in [-0.25, -0.2) is 4.79 Å².